The molecule has 4 nitrogen and oxygen atoms in total. The lowest BCUT2D eigenvalue weighted by Gasteiger charge is -2.25. The number of rotatable bonds is 5. The molecule has 0 heterocycles. The van der Waals surface area contributed by atoms with Gasteiger partial charge in [-0.05, 0) is 37.1 Å². The molecule has 0 radical (unpaired) electrons. The third-order valence-corrected chi connectivity index (χ3v) is 3.06. The minimum atomic E-state index is -0.792. The predicted octanol–water partition coefficient (Wildman–Crippen LogP) is 2.15. The van der Waals surface area contributed by atoms with Crippen LogP contribution in [0.5, 0.6) is 5.75 Å². The molecule has 0 saturated carbocycles. The summed E-state index contributed by atoms with van der Waals surface area (Å²) >= 11 is 0. The smallest absolute Gasteiger partial charge is 0.244 e. The van der Waals surface area contributed by atoms with Crippen LogP contribution >= 0.6 is 0 Å². The van der Waals surface area contributed by atoms with Crippen LogP contribution in [0.25, 0.3) is 0 Å². The molecule has 0 fully saturated rings. The van der Waals surface area contributed by atoms with Crippen molar-refractivity contribution in [2.75, 3.05) is 12.4 Å². The normalized spacial score (nSPS) is 11.1. The molecule has 0 aromatic heterocycles. The Kier molecular flexibility index (Phi) is 4.52. The molecule has 0 atom stereocenters. The first-order chi connectivity index (χ1) is 8.05. The molecule has 3 N–H and O–H groups in total. The summed E-state index contributed by atoms with van der Waals surface area (Å²) in [7, 11) is 1.60. The van der Waals surface area contributed by atoms with Crippen LogP contribution < -0.4 is 15.8 Å². The summed E-state index contributed by atoms with van der Waals surface area (Å²) in [6.45, 7) is 3.83. The topological polar surface area (TPSA) is 64.4 Å². The second-order valence-electron chi connectivity index (χ2n) is 4.05. The van der Waals surface area contributed by atoms with Crippen LogP contribution in [0.3, 0.4) is 0 Å². The van der Waals surface area contributed by atoms with E-state index in [0.717, 1.165) is 11.4 Å². The number of amides is 1. The maximum atomic E-state index is 12.0. The van der Waals surface area contributed by atoms with Crippen LogP contribution in [0.1, 0.15) is 26.7 Å². The lowest BCUT2D eigenvalue weighted by molar-refractivity contribution is -0.121. The molecule has 0 saturated heterocycles. The van der Waals surface area contributed by atoms with Gasteiger partial charge in [-0.25, -0.2) is 0 Å². The molecule has 4 heteroatoms. The largest absolute Gasteiger partial charge is 0.497 e. The number of hydrogen-bond donors (Lipinski definition) is 2. The first-order valence-corrected chi connectivity index (χ1v) is 5.80. The van der Waals surface area contributed by atoms with E-state index in [4.69, 9.17) is 10.5 Å². The van der Waals surface area contributed by atoms with Crippen LogP contribution in [0.2, 0.25) is 0 Å². The second kappa shape index (κ2) is 5.68. The van der Waals surface area contributed by atoms with Crippen LogP contribution in [0.4, 0.5) is 5.69 Å². The van der Waals surface area contributed by atoms with Crippen molar-refractivity contribution in [3.05, 3.63) is 24.3 Å². The average Bonchev–Trinajstić information content (AvgIpc) is 2.38. The van der Waals surface area contributed by atoms with Crippen molar-refractivity contribution in [3.8, 4) is 5.75 Å². The van der Waals surface area contributed by atoms with Crippen LogP contribution in [-0.4, -0.2) is 18.6 Å². The van der Waals surface area contributed by atoms with Crippen LogP contribution in [-0.2, 0) is 4.79 Å². The van der Waals surface area contributed by atoms with E-state index in [1.807, 2.05) is 13.8 Å². The number of anilines is 1. The highest BCUT2D eigenvalue weighted by molar-refractivity contribution is 5.97. The van der Waals surface area contributed by atoms with Gasteiger partial charge in [-0.2, -0.15) is 0 Å². The Morgan fingerprint density at radius 3 is 2.24 bits per heavy atom. The van der Waals surface area contributed by atoms with Crippen molar-refractivity contribution in [2.24, 2.45) is 5.73 Å². The van der Waals surface area contributed by atoms with Crippen molar-refractivity contribution >= 4 is 11.6 Å². The number of nitrogens with one attached hydrogen (secondary N) is 1. The maximum Gasteiger partial charge on any atom is 0.244 e. The third kappa shape index (κ3) is 3.20. The molecular formula is C13H20N2O2. The summed E-state index contributed by atoms with van der Waals surface area (Å²) in [6, 6.07) is 7.18. The Morgan fingerprint density at radius 2 is 1.82 bits per heavy atom. The number of ether oxygens (including phenoxy) is 1. The van der Waals surface area contributed by atoms with Gasteiger partial charge in [0, 0.05) is 5.69 Å². The van der Waals surface area contributed by atoms with E-state index < -0.39 is 5.54 Å². The van der Waals surface area contributed by atoms with Crippen LogP contribution in [0, 0.1) is 0 Å². The van der Waals surface area contributed by atoms with Gasteiger partial charge in [0.15, 0.2) is 0 Å². The fourth-order valence-corrected chi connectivity index (χ4v) is 1.50. The van der Waals surface area contributed by atoms with E-state index >= 15 is 0 Å². The van der Waals surface area contributed by atoms with Crippen molar-refractivity contribution in [1.29, 1.82) is 0 Å². The first-order valence-electron chi connectivity index (χ1n) is 5.80. The molecule has 0 spiro atoms. The highest BCUT2D eigenvalue weighted by Gasteiger charge is 2.29. The summed E-state index contributed by atoms with van der Waals surface area (Å²) in [4.78, 5) is 12.0. The number of carbonyl (C=O) groups is 1. The monoisotopic (exact) mass is 236 g/mol. The molecule has 0 aliphatic heterocycles. The van der Waals surface area contributed by atoms with E-state index in [-0.39, 0.29) is 5.91 Å². The molecule has 1 aromatic rings. The Morgan fingerprint density at radius 1 is 1.29 bits per heavy atom. The van der Waals surface area contributed by atoms with Gasteiger partial charge in [0.25, 0.3) is 0 Å². The molecule has 0 bridgehead atoms. The molecule has 1 aromatic carbocycles. The fraction of sp³-hybridized carbons (Fsp3) is 0.462. The van der Waals surface area contributed by atoms with E-state index in [1.165, 1.54) is 0 Å². The van der Waals surface area contributed by atoms with Crippen molar-refractivity contribution in [1.82, 2.24) is 0 Å². The van der Waals surface area contributed by atoms with Gasteiger partial charge in [0.1, 0.15) is 5.75 Å². The zero-order valence-electron chi connectivity index (χ0n) is 10.6. The molecule has 0 aliphatic rings. The van der Waals surface area contributed by atoms with Crippen molar-refractivity contribution in [2.45, 2.75) is 32.2 Å². The molecule has 0 aliphatic carbocycles. The quantitative estimate of drug-likeness (QED) is 0.823. The maximum absolute atomic E-state index is 12.0. The molecular weight excluding hydrogens is 216 g/mol. The van der Waals surface area contributed by atoms with Gasteiger partial charge < -0.3 is 15.8 Å². The minimum absolute atomic E-state index is 0.146. The van der Waals surface area contributed by atoms with E-state index in [9.17, 15) is 4.79 Å². The summed E-state index contributed by atoms with van der Waals surface area (Å²) in [6.07, 6.45) is 1.23. The molecule has 94 valence electrons. The second-order valence-corrected chi connectivity index (χ2v) is 4.05. The van der Waals surface area contributed by atoms with Gasteiger partial charge in [-0.15, -0.1) is 0 Å². The first kappa shape index (κ1) is 13.5. The van der Waals surface area contributed by atoms with Gasteiger partial charge in [-0.3, -0.25) is 4.79 Å². The average molecular weight is 236 g/mol. The number of carbonyl (C=O) groups excluding carboxylic acids is 1. The Bertz CT molecular complexity index is 370. The van der Waals surface area contributed by atoms with Crippen LogP contribution in [0.15, 0.2) is 24.3 Å². The summed E-state index contributed by atoms with van der Waals surface area (Å²) in [5, 5.41) is 2.82. The molecule has 1 rings (SSSR count). The highest BCUT2D eigenvalue weighted by Crippen LogP contribution is 2.18. The predicted molar refractivity (Wildman–Crippen MR) is 69.1 cm³/mol. The number of benzene rings is 1. The highest BCUT2D eigenvalue weighted by atomic mass is 16.5. The van der Waals surface area contributed by atoms with Gasteiger partial charge >= 0.3 is 0 Å². The Labute approximate surface area is 102 Å². The van der Waals surface area contributed by atoms with Gasteiger partial charge in [0.2, 0.25) is 5.91 Å². The van der Waals surface area contributed by atoms with E-state index in [1.54, 1.807) is 31.4 Å². The zero-order chi connectivity index (χ0) is 12.9. The van der Waals surface area contributed by atoms with E-state index in [2.05, 4.69) is 5.32 Å². The summed E-state index contributed by atoms with van der Waals surface area (Å²) in [5.74, 6) is 0.612. The van der Waals surface area contributed by atoms with Gasteiger partial charge in [0.05, 0.1) is 12.6 Å². The number of nitrogens with two attached hydrogens (primary N) is 1. The summed E-state index contributed by atoms with van der Waals surface area (Å²) < 4.78 is 5.05. The Hall–Kier alpha value is -1.55. The number of methoxy groups -OCH3 is 1. The minimum Gasteiger partial charge on any atom is -0.497 e. The zero-order valence-corrected chi connectivity index (χ0v) is 10.6. The molecule has 17 heavy (non-hydrogen) atoms. The number of hydrogen-bond acceptors (Lipinski definition) is 3. The van der Waals surface area contributed by atoms with Crippen molar-refractivity contribution in [3.63, 3.8) is 0 Å². The van der Waals surface area contributed by atoms with Gasteiger partial charge in [-0.1, -0.05) is 13.8 Å². The lowest BCUT2D eigenvalue weighted by Crippen LogP contribution is -2.50. The molecule has 0 unspecified atom stereocenters. The fourth-order valence-electron chi connectivity index (χ4n) is 1.50. The third-order valence-electron chi connectivity index (χ3n) is 3.06. The summed E-state index contributed by atoms with van der Waals surface area (Å²) in [5.41, 5.74) is 5.94. The Balaban J connectivity index is 2.73. The van der Waals surface area contributed by atoms with Crippen molar-refractivity contribution < 1.29 is 9.53 Å². The standard InChI is InChI=1S/C13H20N2O2/c1-4-13(14,5-2)12(16)15-10-6-8-11(17-3)9-7-10/h6-9H,4-5,14H2,1-3H3,(H,15,16). The SMILES string of the molecule is CCC(N)(CC)C(=O)Nc1ccc(OC)cc1. The van der Waals surface area contributed by atoms with E-state index in [0.29, 0.717) is 12.8 Å². The lowest BCUT2D eigenvalue weighted by atomic mass is 9.93. The molecule has 1 amide bonds.